The summed E-state index contributed by atoms with van der Waals surface area (Å²) in [6, 6.07) is -0.990. The van der Waals surface area contributed by atoms with Crippen molar-refractivity contribution < 1.29 is 23.9 Å². The first-order valence-electron chi connectivity index (χ1n) is 4.75. The summed E-state index contributed by atoms with van der Waals surface area (Å²) < 4.78 is 9.66. The topological polar surface area (TPSA) is 81.7 Å². The lowest BCUT2D eigenvalue weighted by Gasteiger charge is -2.13. The van der Waals surface area contributed by atoms with Crippen molar-refractivity contribution in [3.05, 3.63) is 12.2 Å². The van der Waals surface area contributed by atoms with E-state index in [2.05, 4.69) is 11.9 Å². The SMILES string of the molecule is BC(=O)NC1CC(=O)OCC(=C)COC1=O. The molecule has 16 heavy (non-hydrogen) atoms. The van der Waals surface area contributed by atoms with Gasteiger partial charge in [0.1, 0.15) is 19.3 Å². The van der Waals surface area contributed by atoms with Crippen LogP contribution in [0.15, 0.2) is 12.2 Å². The van der Waals surface area contributed by atoms with E-state index in [1.54, 1.807) is 0 Å². The molecule has 0 aromatic rings. The molecule has 6 nitrogen and oxygen atoms in total. The van der Waals surface area contributed by atoms with Gasteiger partial charge in [-0.25, -0.2) is 4.79 Å². The Morgan fingerprint density at radius 1 is 1.38 bits per heavy atom. The molecule has 1 aliphatic heterocycles. The Morgan fingerprint density at radius 3 is 2.62 bits per heavy atom. The molecule has 1 amide bonds. The fraction of sp³-hybridized carbons (Fsp3) is 0.444. The average molecular weight is 225 g/mol. The van der Waals surface area contributed by atoms with Gasteiger partial charge < -0.3 is 14.8 Å². The molecule has 0 radical (unpaired) electrons. The zero-order valence-electron chi connectivity index (χ0n) is 8.95. The van der Waals surface area contributed by atoms with Crippen molar-refractivity contribution in [2.45, 2.75) is 12.5 Å². The minimum absolute atomic E-state index is 0.0117. The van der Waals surface area contributed by atoms with E-state index >= 15 is 0 Å². The zero-order valence-corrected chi connectivity index (χ0v) is 8.95. The fourth-order valence-corrected chi connectivity index (χ4v) is 1.16. The third-order valence-electron chi connectivity index (χ3n) is 1.89. The summed E-state index contributed by atoms with van der Waals surface area (Å²) in [5.41, 5.74) is 0.491. The van der Waals surface area contributed by atoms with Crippen LogP contribution in [0.1, 0.15) is 6.42 Å². The predicted molar refractivity (Wildman–Crippen MR) is 56.5 cm³/mol. The lowest BCUT2D eigenvalue weighted by molar-refractivity contribution is -0.149. The van der Waals surface area contributed by atoms with Gasteiger partial charge in [0.25, 0.3) is 0 Å². The van der Waals surface area contributed by atoms with Crippen molar-refractivity contribution in [1.29, 1.82) is 0 Å². The Morgan fingerprint density at radius 2 is 2.00 bits per heavy atom. The van der Waals surface area contributed by atoms with Crippen molar-refractivity contribution in [2.75, 3.05) is 13.2 Å². The number of cyclic esters (lactones) is 2. The maximum Gasteiger partial charge on any atom is 0.329 e. The molecule has 0 aliphatic carbocycles. The molecule has 0 spiro atoms. The van der Waals surface area contributed by atoms with Gasteiger partial charge in [0.15, 0.2) is 5.81 Å². The van der Waals surface area contributed by atoms with Gasteiger partial charge in [0.05, 0.1) is 6.42 Å². The van der Waals surface area contributed by atoms with Crippen LogP contribution in [-0.4, -0.2) is 44.8 Å². The van der Waals surface area contributed by atoms with E-state index in [-0.39, 0.29) is 19.6 Å². The second-order valence-electron chi connectivity index (χ2n) is 3.48. The highest BCUT2D eigenvalue weighted by atomic mass is 16.6. The Bertz CT molecular complexity index is 341. The van der Waals surface area contributed by atoms with Gasteiger partial charge in [-0.05, 0) is 5.57 Å². The first-order valence-corrected chi connectivity index (χ1v) is 4.75. The molecule has 1 atom stereocenters. The number of amides is 1. The van der Waals surface area contributed by atoms with E-state index in [0.29, 0.717) is 5.57 Å². The van der Waals surface area contributed by atoms with Crippen LogP contribution in [0.5, 0.6) is 0 Å². The van der Waals surface area contributed by atoms with Gasteiger partial charge >= 0.3 is 11.9 Å². The smallest absolute Gasteiger partial charge is 0.329 e. The molecule has 1 rings (SSSR count). The highest BCUT2D eigenvalue weighted by Gasteiger charge is 2.26. The molecule has 7 heteroatoms. The van der Waals surface area contributed by atoms with E-state index < -0.39 is 23.8 Å². The number of carbonyl (C=O) groups is 3. The maximum atomic E-state index is 11.5. The summed E-state index contributed by atoms with van der Waals surface area (Å²) in [4.78, 5) is 33.5. The summed E-state index contributed by atoms with van der Waals surface area (Å²) in [7, 11) is 1.25. The normalized spacial score (nSPS) is 22.2. The van der Waals surface area contributed by atoms with Crippen LogP contribution < -0.4 is 5.32 Å². The van der Waals surface area contributed by atoms with Crippen molar-refractivity contribution in [3.8, 4) is 0 Å². The quantitative estimate of drug-likeness (QED) is 0.342. The van der Waals surface area contributed by atoms with Crippen molar-refractivity contribution >= 4 is 25.6 Å². The zero-order chi connectivity index (χ0) is 12.1. The molecule has 86 valence electrons. The van der Waals surface area contributed by atoms with Gasteiger partial charge in [-0.1, -0.05) is 6.58 Å². The number of hydrogen-bond acceptors (Lipinski definition) is 5. The molecule has 0 aromatic carbocycles. The number of nitrogens with one attached hydrogen (secondary N) is 1. The molecular formula is C9H12BNO5. The molecule has 1 N–H and O–H groups in total. The minimum atomic E-state index is -0.990. The molecule has 1 fully saturated rings. The molecule has 1 heterocycles. The summed E-state index contributed by atoms with van der Waals surface area (Å²) in [6.07, 6.45) is -0.230. The van der Waals surface area contributed by atoms with Crippen molar-refractivity contribution in [2.24, 2.45) is 0 Å². The molecular weight excluding hydrogens is 213 g/mol. The lowest BCUT2D eigenvalue weighted by Crippen LogP contribution is -2.42. The Hall–Kier alpha value is -1.79. The summed E-state index contributed by atoms with van der Waals surface area (Å²) in [6.45, 7) is 3.59. The lowest BCUT2D eigenvalue weighted by atomic mass is 10.1. The van der Waals surface area contributed by atoms with E-state index in [0.717, 1.165) is 0 Å². The Kier molecular flexibility index (Phi) is 4.10. The summed E-state index contributed by atoms with van der Waals surface area (Å²) >= 11 is 0. The summed E-state index contributed by atoms with van der Waals surface area (Å²) in [5.74, 6) is -1.64. The Balaban J connectivity index is 2.72. The second kappa shape index (κ2) is 5.34. The molecule has 1 unspecified atom stereocenters. The third-order valence-corrected chi connectivity index (χ3v) is 1.89. The average Bonchev–Trinajstić information content (AvgIpc) is 2.24. The summed E-state index contributed by atoms with van der Waals surface area (Å²) in [5, 5.41) is 2.33. The first-order chi connectivity index (χ1) is 7.49. The maximum absolute atomic E-state index is 11.5. The van der Waals surface area contributed by atoms with E-state index in [9.17, 15) is 14.4 Å². The predicted octanol–water partition coefficient (Wildman–Crippen LogP) is -1.26. The molecule has 0 bridgehead atoms. The van der Waals surface area contributed by atoms with Gasteiger partial charge in [0.2, 0.25) is 7.85 Å². The molecule has 1 saturated heterocycles. The number of carbonyl (C=O) groups excluding carboxylic acids is 3. The van der Waals surface area contributed by atoms with Crippen LogP contribution >= 0.6 is 0 Å². The van der Waals surface area contributed by atoms with Crippen LogP contribution in [0.2, 0.25) is 0 Å². The van der Waals surface area contributed by atoms with Crippen LogP contribution in [0.25, 0.3) is 0 Å². The third kappa shape index (κ3) is 3.76. The molecule has 0 aromatic heterocycles. The number of esters is 2. The van der Waals surface area contributed by atoms with Crippen molar-refractivity contribution in [3.63, 3.8) is 0 Å². The van der Waals surface area contributed by atoms with E-state index in [1.165, 1.54) is 7.85 Å². The first kappa shape index (κ1) is 12.3. The standard InChI is InChI=1S/C9H12BNO5/c1-5-3-15-7(12)2-6(11-9(10)14)8(13)16-4-5/h6H,1-4,10H2,(H,11,14). The van der Waals surface area contributed by atoms with E-state index in [4.69, 9.17) is 9.47 Å². The Labute approximate surface area is 93.4 Å². The van der Waals surface area contributed by atoms with Gasteiger partial charge in [-0.2, -0.15) is 0 Å². The van der Waals surface area contributed by atoms with Crippen LogP contribution in [0.4, 0.5) is 4.79 Å². The van der Waals surface area contributed by atoms with Gasteiger partial charge in [-0.15, -0.1) is 0 Å². The highest BCUT2D eigenvalue weighted by molar-refractivity contribution is 6.57. The number of rotatable bonds is 1. The highest BCUT2D eigenvalue weighted by Crippen LogP contribution is 2.05. The number of ether oxygens (including phenoxy) is 2. The monoisotopic (exact) mass is 225 g/mol. The minimum Gasteiger partial charge on any atom is -0.461 e. The molecule has 0 saturated carbocycles. The van der Waals surface area contributed by atoms with E-state index in [1.807, 2.05) is 0 Å². The molecule has 1 aliphatic rings. The van der Waals surface area contributed by atoms with Gasteiger partial charge in [0, 0.05) is 0 Å². The fourth-order valence-electron chi connectivity index (χ4n) is 1.16. The van der Waals surface area contributed by atoms with Crippen molar-refractivity contribution in [1.82, 2.24) is 5.32 Å². The van der Waals surface area contributed by atoms with Gasteiger partial charge in [-0.3, -0.25) is 9.59 Å². The number of hydrogen-bond donors (Lipinski definition) is 1. The largest absolute Gasteiger partial charge is 0.461 e. The van der Waals surface area contributed by atoms with Crippen LogP contribution in [0, 0.1) is 0 Å². The second-order valence-corrected chi connectivity index (χ2v) is 3.48. The van der Waals surface area contributed by atoms with Crippen LogP contribution in [-0.2, 0) is 19.1 Å². The van der Waals surface area contributed by atoms with Crippen LogP contribution in [0.3, 0.4) is 0 Å².